The summed E-state index contributed by atoms with van der Waals surface area (Å²) >= 11 is 0. The van der Waals surface area contributed by atoms with Crippen LogP contribution in [-0.2, 0) is 29.6 Å². The maximum absolute atomic E-state index is 14.6. The number of ether oxygens (including phenoxy) is 1. The molecule has 0 aromatic heterocycles. The summed E-state index contributed by atoms with van der Waals surface area (Å²) in [5.41, 5.74) is -0.723. The minimum atomic E-state index is -3.15. The van der Waals surface area contributed by atoms with Crippen molar-refractivity contribution in [2.45, 2.75) is 81.7 Å². The minimum absolute atomic E-state index is 0.0136. The summed E-state index contributed by atoms with van der Waals surface area (Å²) in [6.07, 6.45) is 7.82. The Morgan fingerprint density at radius 2 is 1.69 bits per heavy atom. The zero-order chi connectivity index (χ0) is 22.8. The summed E-state index contributed by atoms with van der Waals surface area (Å²) in [7, 11) is -3.15. The van der Waals surface area contributed by atoms with Crippen LogP contribution in [0.3, 0.4) is 0 Å². The van der Waals surface area contributed by atoms with Gasteiger partial charge in [-0.2, -0.15) is 0 Å². The fourth-order valence-corrected chi connectivity index (χ4v) is 7.52. The molecule has 2 saturated carbocycles. The van der Waals surface area contributed by atoms with E-state index in [1.165, 1.54) is 6.07 Å². The molecular formula is C24H32FNO5S. The van der Waals surface area contributed by atoms with Gasteiger partial charge in [-0.3, -0.25) is 9.59 Å². The molecule has 0 radical (unpaired) electrons. The molecule has 1 heterocycles. The molecule has 1 amide bonds. The molecule has 1 aliphatic heterocycles. The second kappa shape index (κ2) is 9.49. The maximum Gasteiger partial charge on any atom is 0.317 e. The van der Waals surface area contributed by atoms with E-state index in [4.69, 9.17) is 4.74 Å². The largest absolute Gasteiger partial charge is 0.455 e. The summed E-state index contributed by atoms with van der Waals surface area (Å²) in [6.45, 7) is -0.428. The second-order valence-electron chi connectivity index (χ2n) is 9.49. The molecule has 0 N–H and O–H groups in total. The van der Waals surface area contributed by atoms with Crippen LogP contribution >= 0.6 is 0 Å². The van der Waals surface area contributed by atoms with Gasteiger partial charge in [-0.1, -0.05) is 50.3 Å². The van der Waals surface area contributed by atoms with Gasteiger partial charge in [-0.25, -0.2) is 12.8 Å². The number of benzene rings is 1. The second-order valence-corrected chi connectivity index (χ2v) is 11.7. The van der Waals surface area contributed by atoms with Crippen LogP contribution in [0.2, 0.25) is 0 Å². The maximum atomic E-state index is 14.6. The predicted molar refractivity (Wildman–Crippen MR) is 118 cm³/mol. The van der Waals surface area contributed by atoms with Crippen molar-refractivity contribution >= 4 is 21.7 Å². The van der Waals surface area contributed by atoms with Crippen molar-refractivity contribution < 1.29 is 27.1 Å². The first-order chi connectivity index (χ1) is 15.3. The van der Waals surface area contributed by atoms with Gasteiger partial charge >= 0.3 is 5.97 Å². The summed E-state index contributed by atoms with van der Waals surface area (Å²) in [6, 6.07) is 5.90. The smallest absolute Gasteiger partial charge is 0.317 e. The number of amides is 1. The van der Waals surface area contributed by atoms with Crippen LogP contribution in [0.1, 0.15) is 69.8 Å². The molecule has 0 unspecified atom stereocenters. The van der Waals surface area contributed by atoms with Crippen LogP contribution in [0.4, 0.5) is 4.39 Å². The standard InChI is InChI=1S/C24H32FNO5S/c25-21-11-5-4-10-20(21)24(13-6-7-14-24)23(28)31-16-22(27)26(18-8-2-1-3-9-18)19-12-15-32(29,30)17-19/h4-5,10-11,18-19H,1-3,6-9,12-17H2/t19-/m1/s1. The average molecular weight is 466 g/mol. The number of nitrogens with zero attached hydrogens (tertiary/aromatic N) is 1. The Bertz CT molecular complexity index is 951. The fourth-order valence-electron chi connectivity index (χ4n) is 5.81. The topological polar surface area (TPSA) is 80.8 Å². The Morgan fingerprint density at radius 3 is 2.31 bits per heavy atom. The lowest BCUT2D eigenvalue weighted by Gasteiger charge is -2.38. The van der Waals surface area contributed by atoms with Crippen LogP contribution in [0.25, 0.3) is 0 Å². The van der Waals surface area contributed by atoms with E-state index in [0.717, 1.165) is 44.9 Å². The Hall–Kier alpha value is -1.96. The van der Waals surface area contributed by atoms with Crippen molar-refractivity contribution in [1.82, 2.24) is 4.90 Å². The highest BCUT2D eigenvalue weighted by molar-refractivity contribution is 7.91. The highest BCUT2D eigenvalue weighted by Gasteiger charge is 2.46. The van der Waals surface area contributed by atoms with Crippen molar-refractivity contribution in [1.29, 1.82) is 0 Å². The number of halogens is 1. The third kappa shape index (κ3) is 4.70. The van der Waals surface area contributed by atoms with E-state index in [-0.39, 0.29) is 29.5 Å². The van der Waals surface area contributed by atoms with Crippen LogP contribution in [-0.4, -0.2) is 55.4 Å². The molecule has 1 atom stereocenters. The molecule has 6 nitrogen and oxygen atoms in total. The Balaban J connectivity index is 1.49. The molecule has 4 rings (SSSR count). The van der Waals surface area contributed by atoms with E-state index in [9.17, 15) is 22.4 Å². The van der Waals surface area contributed by atoms with Gasteiger partial charge in [-0.05, 0) is 38.2 Å². The summed E-state index contributed by atoms with van der Waals surface area (Å²) in [5, 5.41) is 0. The first-order valence-electron chi connectivity index (χ1n) is 11.8. The van der Waals surface area contributed by atoms with Gasteiger partial charge in [0.05, 0.1) is 16.9 Å². The summed E-state index contributed by atoms with van der Waals surface area (Å²) in [5.74, 6) is -1.27. The van der Waals surface area contributed by atoms with E-state index in [2.05, 4.69) is 0 Å². The van der Waals surface area contributed by atoms with E-state index >= 15 is 0 Å². The zero-order valence-electron chi connectivity index (χ0n) is 18.4. The molecule has 3 fully saturated rings. The van der Waals surface area contributed by atoms with Gasteiger partial charge in [0.25, 0.3) is 5.91 Å². The lowest BCUT2D eigenvalue weighted by molar-refractivity contribution is -0.159. The molecule has 0 bridgehead atoms. The van der Waals surface area contributed by atoms with Crippen molar-refractivity contribution in [3.05, 3.63) is 35.6 Å². The third-order valence-electron chi connectivity index (χ3n) is 7.42. The van der Waals surface area contributed by atoms with Gasteiger partial charge in [0, 0.05) is 17.6 Å². The predicted octanol–water partition coefficient (Wildman–Crippen LogP) is 3.53. The van der Waals surface area contributed by atoms with Crippen LogP contribution in [0.15, 0.2) is 24.3 Å². The molecule has 8 heteroatoms. The number of sulfone groups is 1. The van der Waals surface area contributed by atoms with Gasteiger partial charge < -0.3 is 9.64 Å². The SMILES string of the molecule is O=C(COC(=O)C1(c2ccccc2F)CCCC1)N(C1CCCCC1)[C@@H]1CCS(=O)(=O)C1. The van der Waals surface area contributed by atoms with E-state index in [1.807, 2.05) is 0 Å². The summed E-state index contributed by atoms with van der Waals surface area (Å²) < 4.78 is 44.2. The van der Waals surface area contributed by atoms with Crippen molar-refractivity contribution in [3.8, 4) is 0 Å². The fraction of sp³-hybridized carbons (Fsp3) is 0.667. The van der Waals surface area contributed by atoms with Crippen molar-refractivity contribution in [3.63, 3.8) is 0 Å². The quantitative estimate of drug-likeness (QED) is 0.601. The molecule has 2 aliphatic carbocycles. The van der Waals surface area contributed by atoms with E-state index < -0.39 is 33.6 Å². The molecule has 1 aromatic rings. The first kappa shape index (κ1) is 23.2. The average Bonchev–Trinajstić information content (AvgIpc) is 3.41. The highest BCUT2D eigenvalue weighted by atomic mass is 32.2. The Morgan fingerprint density at radius 1 is 1.00 bits per heavy atom. The van der Waals surface area contributed by atoms with Crippen LogP contribution in [0, 0.1) is 5.82 Å². The Kier molecular flexibility index (Phi) is 6.89. The summed E-state index contributed by atoms with van der Waals surface area (Å²) in [4.78, 5) is 28.1. The number of carbonyl (C=O) groups is 2. The van der Waals surface area contributed by atoms with Crippen LogP contribution in [0.5, 0.6) is 0 Å². The number of hydrogen-bond acceptors (Lipinski definition) is 5. The lowest BCUT2D eigenvalue weighted by Crippen LogP contribution is -2.50. The number of rotatable bonds is 6. The highest BCUT2D eigenvalue weighted by Crippen LogP contribution is 2.43. The first-order valence-corrected chi connectivity index (χ1v) is 13.6. The van der Waals surface area contributed by atoms with E-state index in [1.54, 1.807) is 23.1 Å². The monoisotopic (exact) mass is 465 g/mol. The lowest BCUT2D eigenvalue weighted by atomic mass is 9.78. The van der Waals surface area contributed by atoms with Crippen molar-refractivity contribution in [2.24, 2.45) is 0 Å². The third-order valence-corrected chi connectivity index (χ3v) is 9.17. The van der Waals surface area contributed by atoms with Gasteiger partial charge in [0.15, 0.2) is 16.4 Å². The molecule has 32 heavy (non-hydrogen) atoms. The molecule has 1 saturated heterocycles. The Labute approximate surface area is 189 Å². The number of carbonyl (C=O) groups excluding carboxylic acids is 2. The zero-order valence-corrected chi connectivity index (χ0v) is 19.2. The molecule has 176 valence electrons. The van der Waals surface area contributed by atoms with Crippen molar-refractivity contribution in [2.75, 3.05) is 18.1 Å². The molecule has 0 spiro atoms. The van der Waals surface area contributed by atoms with Gasteiger partial charge in [0.2, 0.25) is 0 Å². The molecule has 3 aliphatic rings. The van der Waals surface area contributed by atoms with Gasteiger partial charge in [0.1, 0.15) is 5.82 Å². The van der Waals surface area contributed by atoms with Crippen LogP contribution < -0.4 is 0 Å². The van der Waals surface area contributed by atoms with Gasteiger partial charge in [-0.15, -0.1) is 0 Å². The van der Waals surface area contributed by atoms with E-state index in [0.29, 0.717) is 24.8 Å². The number of hydrogen-bond donors (Lipinski definition) is 0. The normalized spacial score (nSPS) is 24.8. The molecule has 1 aromatic carbocycles. The minimum Gasteiger partial charge on any atom is -0.455 e. The molecular weight excluding hydrogens is 433 g/mol. The number of esters is 1.